The van der Waals surface area contributed by atoms with E-state index in [4.69, 9.17) is 15.4 Å². The first kappa shape index (κ1) is 26.0. The van der Waals surface area contributed by atoms with Crippen LogP contribution >= 0.6 is 23.5 Å². The van der Waals surface area contributed by atoms with E-state index in [-0.39, 0.29) is 17.1 Å². The first-order valence-corrected chi connectivity index (χ1v) is 12.8. The lowest BCUT2D eigenvalue weighted by atomic mass is 10.1. The number of nitrogens with two attached hydrogens (primary N) is 2. The number of nitrogen functional groups attached to an aromatic ring is 1. The van der Waals surface area contributed by atoms with E-state index in [9.17, 15) is 38.5 Å². The number of imidazole rings is 1. The Balaban J connectivity index is 1.71. The Kier molecular flexibility index (Phi) is 7.26. The van der Waals surface area contributed by atoms with Crippen LogP contribution in [0.2, 0.25) is 0 Å². The number of aromatic nitrogens is 4. The van der Waals surface area contributed by atoms with E-state index in [0.717, 1.165) is 10.9 Å². The molecule has 20 nitrogen and oxygen atoms in total. The lowest BCUT2D eigenvalue weighted by Crippen LogP contribution is -2.33. The summed E-state index contributed by atoms with van der Waals surface area (Å²) in [5.41, 5.74) is 4.51. The SMILES string of the molecule is NOP(=O)(O)OP(=O)(O)OP(=O)(O)OC[C@H]1O[C@@H](n2cnc3c(=O)[nH]c(N)nc32)[C@H](O)[C@@H]1O. The topological polar surface area (TPSA) is 314 Å². The maximum atomic E-state index is 11.9. The third-order valence-electron chi connectivity index (χ3n) is 4.01. The van der Waals surface area contributed by atoms with Crippen LogP contribution < -0.4 is 17.2 Å². The Labute approximate surface area is 181 Å². The molecule has 1 aliphatic heterocycles. The number of aromatic amines is 1. The van der Waals surface area contributed by atoms with E-state index in [2.05, 4.69) is 38.6 Å². The van der Waals surface area contributed by atoms with Crippen molar-refractivity contribution >= 4 is 40.6 Å². The molecule has 3 heterocycles. The monoisotopic (exact) mass is 538 g/mol. The van der Waals surface area contributed by atoms with Crippen LogP contribution in [0.5, 0.6) is 0 Å². The first-order valence-electron chi connectivity index (χ1n) is 8.33. The van der Waals surface area contributed by atoms with E-state index >= 15 is 0 Å². The number of aliphatic hydroxyl groups is 2. The number of anilines is 1. The van der Waals surface area contributed by atoms with E-state index in [1.54, 1.807) is 0 Å². The number of phosphoric ester groups is 1. The van der Waals surface area contributed by atoms with Crippen molar-refractivity contribution in [3.05, 3.63) is 16.7 Å². The number of hydrogen-bond acceptors (Lipinski definition) is 15. The average molecular weight is 538 g/mol. The highest BCUT2D eigenvalue weighted by Crippen LogP contribution is 2.67. The van der Waals surface area contributed by atoms with Gasteiger partial charge in [0.2, 0.25) is 5.95 Å². The van der Waals surface area contributed by atoms with Gasteiger partial charge in [-0.1, -0.05) is 0 Å². The van der Waals surface area contributed by atoms with Crippen molar-refractivity contribution in [1.82, 2.24) is 19.5 Å². The summed E-state index contributed by atoms with van der Waals surface area (Å²) in [5, 5.41) is 20.5. The van der Waals surface area contributed by atoms with Crippen LogP contribution in [-0.2, 0) is 36.2 Å². The number of nitrogens with zero attached hydrogens (tertiary/aromatic N) is 3. The summed E-state index contributed by atoms with van der Waals surface area (Å²) in [6.07, 6.45) is -5.32. The molecule has 33 heavy (non-hydrogen) atoms. The molecule has 2 aromatic heterocycles. The van der Waals surface area contributed by atoms with Crippen molar-refractivity contribution in [1.29, 1.82) is 0 Å². The van der Waals surface area contributed by atoms with Gasteiger partial charge in [-0.3, -0.25) is 18.9 Å². The maximum Gasteiger partial charge on any atom is 0.497 e. The van der Waals surface area contributed by atoms with E-state index in [1.807, 2.05) is 0 Å². The van der Waals surface area contributed by atoms with E-state index in [0.29, 0.717) is 0 Å². The van der Waals surface area contributed by atoms with Gasteiger partial charge in [-0.15, -0.1) is 0 Å². The van der Waals surface area contributed by atoms with Crippen molar-refractivity contribution in [3.8, 4) is 0 Å². The van der Waals surface area contributed by atoms with Crippen molar-refractivity contribution in [3.63, 3.8) is 0 Å². The molecule has 0 radical (unpaired) electrons. The van der Waals surface area contributed by atoms with Crippen molar-refractivity contribution in [2.75, 3.05) is 12.3 Å². The predicted molar refractivity (Wildman–Crippen MR) is 101 cm³/mol. The van der Waals surface area contributed by atoms with Crippen molar-refractivity contribution in [2.24, 2.45) is 5.90 Å². The number of phosphoric acid groups is 3. The quantitative estimate of drug-likeness (QED) is 0.121. The fraction of sp³-hybridized carbons (Fsp3) is 0.500. The molecule has 2 aromatic rings. The molecule has 3 unspecified atom stereocenters. The molecule has 0 aliphatic carbocycles. The van der Waals surface area contributed by atoms with Crippen LogP contribution in [0.3, 0.4) is 0 Å². The van der Waals surface area contributed by atoms with Crippen LogP contribution in [0, 0.1) is 0 Å². The van der Waals surface area contributed by atoms with Crippen LogP contribution in [0.1, 0.15) is 6.23 Å². The van der Waals surface area contributed by atoms with Gasteiger partial charge in [0, 0.05) is 0 Å². The zero-order chi connectivity index (χ0) is 24.8. The number of H-pyrrole nitrogens is 1. The van der Waals surface area contributed by atoms with Gasteiger partial charge in [0.05, 0.1) is 12.9 Å². The second-order valence-corrected chi connectivity index (χ2v) is 10.9. The smallest absolute Gasteiger partial charge is 0.387 e. The summed E-state index contributed by atoms with van der Waals surface area (Å²) in [6, 6.07) is 0. The highest BCUT2D eigenvalue weighted by atomic mass is 31.3. The first-order chi connectivity index (χ1) is 15.1. The summed E-state index contributed by atoms with van der Waals surface area (Å²) in [7, 11) is -16.5. The van der Waals surface area contributed by atoms with Gasteiger partial charge in [-0.25, -0.2) is 29.2 Å². The molecule has 1 saturated heterocycles. The molecule has 0 spiro atoms. The number of ether oxygens (including phenoxy) is 1. The standard InChI is InChI=1S/C10H17N6O14P3/c11-10-14-7-4(8(19)15-10)13-2-16(7)9-6(18)5(17)3(27-9)1-26-31(20,21)29-33(24,25)30-32(22,23)28-12/h2-3,5-6,9,17-18H,1,12H2,(H,20,21)(H,22,23)(H,24,25)(H3,11,14,15,19)/t3-,5-,6-,9-/m1/s1. The Hall–Kier alpha value is -1.60. The molecule has 1 aliphatic rings. The van der Waals surface area contributed by atoms with Gasteiger partial charge in [0.15, 0.2) is 17.4 Å². The summed E-state index contributed by atoms with van der Waals surface area (Å²) in [5.74, 6) is 4.08. The van der Waals surface area contributed by atoms with Crippen LogP contribution in [0.15, 0.2) is 11.1 Å². The summed E-state index contributed by atoms with van der Waals surface area (Å²) in [6.45, 7) is -1.00. The third kappa shape index (κ3) is 5.91. The molecular weight excluding hydrogens is 521 g/mol. The molecule has 1 fully saturated rings. The maximum absolute atomic E-state index is 11.9. The largest absolute Gasteiger partial charge is 0.497 e. The molecule has 0 aromatic carbocycles. The molecule has 7 atom stereocenters. The minimum Gasteiger partial charge on any atom is -0.387 e. The number of aliphatic hydroxyl groups excluding tert-OH is 2. The normalized spacial score (nSPS) is 28.9. The lowest BCUT2D eigenvalue weighted by Gasteiger charge is -2.19. The summed E-state index contributed by atoms with van der Waals surface area (Å²) < 4.78 is 56.2. The fourth-order valence-corrected chi connectivity index (χ4v) is 5.86. The van der Waals surface area contributed by atoms with Gasteiger partial charge in [-0.05, 0) is 0 Å². The van der Waals surface area contributed by atoms with Gasteiger partial charge >= 0.3 is 23.5 Å². The molecular formula is C10H17N6O14P3. The Bertz CT molecular complexity index is 1230. The second-order valence-electron chi connectivity index (χ2n) is 6.29. The van der Waals surface area contributed by atoms with Crippen molar-refractivity contribution < 1.29 is 61.1 Å². The summed E-state index contributed by atoms with van der Waals surface area (Å²) >= 11 is 0. The van der Waals surface area contributed by atoms with Crippen LogP contribution in [0.4, 0.5) is 5.95 Å². The lowest BCUT2D eigenvalue weighted by molar-refractivity contribution is -0.0503. The van der Waals surface area contributed by atoms with E-state index in [1.165, 1.54) is 0 Å². The van der Waals surface area contributed by atoms with E-state index < -0.39 is 60.2 Å². The fourth-order valence-electron chi connectivity index (χ4n) is 2.71. The number of fused-ring (bicyclic) bond motifs is 1. The Morgan fingerprint density at radius 3 is 2.39 bits per heavy atom. The van der Waals surface area contributed by atoms with Crippen LogP contribution in [0.25, 0.3) is 11.2 Å². The molecule has 0 bridgehead atoms. The van der Waals surface area contributed by atoms with Gasteiger partial charge in [0.25, 0.3) is 5.56 Å². The highest BCUT2D eigenvalue weighted by Gasteiger charge is 2.47. The highest BCUT2D eigenvalue weighted by molar-refractivity contribution is 7.66. The molecule has 186 valence electrons. The number of rotatable bonds is 9. The average Bonchev–Trinajstić information content (AvgIpc) is 3.20. The summed E-state index contributed by atoms with van der Waals surface area (Å²) in [4.78, 5) is 49.5. The Morgan fingerprint density at radius 1 is 1.12 bits per heavy atom. The van der Waals surface area contributed by atoms with Crippen LogP contribution in [-0.4, -0.2) is 69.3 Å². The van der Waals surface area contributed by atoms with Crippen molar-refractivity contribution in [2.45, 2.75) is 24.5 Å². The number of nitrogens with one attached hydrogen (secondary N) is 1. The van der Waals surface area contributed by atoms with Gasteiger partial charge in [0.1, 0.15) is 18.3 Å². The number of hydrogen-bond donors (Lipinski definition) is 8. The minimum atomic E-state index is -5.70. The molecule has 3 rings (SSSR count). The predicted octanol–water partition coefficient (Wildman–Crippen LogP) is -2.44. The molecule has 0 saturated carbocycles. The van der Waals surface area contributed by atoms with Gasteiger partial charge < -0.3 is 35.4 Å². The zero-order valence-corrected chi connectivity index (χ0v) is 18.5. The zero-order valence-electron chi connectivity index (χ0n) is 15.8. The Morgan fingerprint density at radius 2 is 1.76 bits per heavy atom. The van der Waals surface area contributed by atoms with Gasteiger partial charge in [-0.2, -0.15) is 13.6 Å². The second kappa shape index (κ2) is 9.21. The molecule has 0 amide bonds. The molecule has 10 N–H and O–H groups in total. The molecule has 23 heteroatoms. The minimum absolute atomic E-state index is 0.112. The third-order valence-corrected chi connectivity index (χ3v) is 8.05.